The molecule has 90 valence electrons. The molecular weight excluding hydrogens is 208 g/mol. The van der Waals surface area contributed by atoms with Crippen molar-refractivity contribution in [2.75, 3.05) is 6.54 Å². The van der Waals surface area contributed by atoms with Crippen LogP contribution in [0.25, 0.3) is 0 Å². The van der Waals surface area contributed by atoms with Gasteiger partial charge in [0.25, 0.3) is 0 Å². The van der Waals surface area contributed by atoms with E-state index in [4.69, 9.17) is 9.52 Å². The highest BCUT2D eigenvalue weighted by molar-refractivity contribution is 5.66. The van der Waals surface area contributed by atoms with E-state index >= 15 is 0 Å². The molecule has 0 radical (unpaired) electrons. The number of carbonyl (C=O) groups is 1. The maximum atomic E-state index is 10.5. The lowest BCUT2D eigenvalue weighted by molar-refractivity contribution is -0.137. The van der Waals surface area contributed by atoms with Crippen LogP contribution in [0.4, 0.5) is 0 Å². The van der Waals surface area contributed by atoms with Gasteiger partial charge in [-0.2, -0.15) is 0 Å². The van der Waals surface area contributed by atoms with Crippen LogP contribution in [0.5, 0.6) is 0 Å². The first-order valence-corrected chi connectivity index (χ1v) is 5.35. The lowest BCUT2D eigenvalue weighted by Crippen LogP contribution is -2.32. The number of carboxylic acid groups (broad SMARTS) is 1. The molecular formula is C11H18N2O3. The number of aliphatic carboxylic acids is 1. The van der Waals surface area contributed by atoms with Gasteiger partial charge in [0.05, 0.1) is 12.1 Å². The van der Waals surface area contributed by atoms with Crippen molar-refractivity contribution in [3.8, 4) is 0 Å². The summed E-state index contributed by atoms with van der Waals surface area (Å²) in [5.41, 5.74) is 0.874. The number of oxazole rings is 1. The van der Waals surface area contributed by atoms with E-state index in [1.54, 1.807) is 0 Å². The fourth-order valence-corrected chi connectivity index (χ4v) is 1.43. The molecule has 0 aromatic carbocycles. The second-order valence-electron chi connectivity index (χ2n) is 4.06. The number of hydrogen-bond donors (Lipinski definition) is 1. The highest BCUT2D eigenvalue weighted by Gasteiger charge is 2.14. The van der Waals surface area contributed by atoms with Crippen molar-refractivity contribution in [3.63, 3.8) is 0 Å². The summed E-state index contributed by atoms with van der Waals surface area (Å²) < 4.78 is 5.12. The van der Waals surface area contributed by atoms with Crippen LogP contribution in [-0.2, 0) is 11.3 Å². The summed E-state index contributed by atoms with van der Waals surface area (Å²) in [6.07, 6.45) is 1.56. The third-order valence-electron chi connectivity index (χ3n) is 2.54. The van der Waals surface area contributed by atoms with Crippen LogP contribution < -0.4 is 0 Å². The smallest absolute Gasteiger partial charge is 0.304 e. The van der Waals surface area contributed by atoms with Gasteiger partial charge in [-0.1, -0.05) is 0 Å². The highest BCUT2D eigenvalue weighted by Crippen LogP contribution is 2.11. The Morgan fingerprint density at radius 3 is 2.75 bits per heavy atom. The van der Waals surface area contributed by atoms with Crippen molar-refractivity contribution >= 4 is 5.97 Å². The standard InChI is InChI=1S/C11H18N2O3/c1-8(2)13(5-4-11(14)15)6-10-9(3)16-7-12-10/h7-8H,4-6H2,1-3H3,(H,14,15). The Hall–Kier alpha value is -1.36. The zero-order valence-corrected chi connectivity index (χ0v) is 9.93. The van der Waals surface area contributed by atoms with Crippen LogP contribution in [0.1, 0.15) is 31.7 Å². The molecule has 0 bridgehead atoms. The maximum Gasteiger partial charge on any atom is 0.304 e. The average Bonchev–Trinajstić information content (AvgIpc) is 2.58. The molecule has 5 nitrogen and oxygen atoms in total. The fourth-order valence-electron chi connectivity index (χ4n) is 1.43. The summed E-state index contributed by atoms with van der Waals surface area (Å²) in [5, 5.41) is 8.66. The van der Waals surface area contributed by atoms with Crippen molar-refractivity contribution in [2.45, 2.75) is 39.8 Å². The van der Waals surface area contributed by atoms with Crippen LogP contribution >= 0.6 is 0 Å². The van der Waals surface area contributed by atoms with Gasteiger partial charge < -0.3 is 9.52 Å². The number of rotatable bonds is 6. The zero-order chi connectivity index (χ0) is 12.1. The van der Waals surface area contributed by atoms with E-state index in [0.717, 1.165) is 11.5 Å². The van der Waals surface area contributed by atoms with Crippen molar-refractivity contribution in [2.24, 2.45) is 0 Å². The molecule has 1 aromatic rings. The molecule has 0 saturated carbocycles. The van der Waals surface area contributed by atoms with Crippen molar-refractivity contribution in [3.05, 3.63) is 17.8 Å². The van der Waals surface area contributed by atoms with Gasteiger partial charge in [0.2, 0.25) is 0 Å². The van der Waals surface area contributed by atoms with E-state index in [9.17, 15) is 4.79 Å². The third-order valence-corrected chi connectivity index (χ3v) is 2.54. The molecule has 0 spiro atoms. The maximum absolute atomic E-state index is 10.5. The van der Waals surface area contributed by atoms with Crippen LogP contribution in [0, 0.1) is 6.92 Å². The molecule has 0 aliphatic heterocycles. The molecule has 1 N–H and O–H groups in total. The first-order valence-electron chi connectivity index (χ1n) is 5.35. The quantitative estimate of drug-likeness (QED) is 0.799. The SMILES string of the molecule is Cc1ocnc1CN(CCC(=O)O)C(C)C. The molecule has 16 heavy (non-hydrogen) atoms. The van der Waals surface area contributed by atoms with Crippen LogP contribution in [0.3, 0.4) is 0 Å². The third kappa shape index (κ3) is 3.66. The normalized spacial score (nSPS) is 11.3. The molecule has 0 amide bonds. The van der Waals surface area contributed by atoms with E-state index in [1.165, 1.54) is 6.39 Å². The van der Waals surface area contributed by atoms with Gasteiger partial charge in [0, 0.05) is 19.1 Å². The van der Waals surface area contributed by atoms with Gasteiger partial charge >= 0.3 is 5.97 Å². The largest absolute Gasteiger partial charge is 0.481 e. The molecule has 0 aliphatic carbocycles. The van der Waals surface area contributed by atoms with Crippen molar-refractivity contribution in [1.29, 1.82) is 0 Å². The van der Waals surface area contributed by atoms with Crippen molar-refractivity contribution in [1.82, 2.24) is 9.88 Å². The molecule has 0 unspecified atom stereocenters. The lowest BCUT2D eigenvalue weighted by atomic mass is 10.2. The predicted molar refractivity (Wildman–Crippen MR) is 59.0 cm³/mol. The minimum Gasteiger partial charge on any atom is -0.481 e. The summed E-state index contributed by atoms with van der Waals surface area (Å²) in [4.78, 5) is 16.7. The zero-order valence-electron chi connectivity index (χ0n) is 9.93. The van der Waals surface area contributed by atoms with E-state index in [2.05, 4.69) is 9.88 Å². The second kappa shape index (κ2) is 5.65. The topological polar surface area (TPSA) is 66.6 Å². The van der Waals surface area contributed by atoms with Gasteiger partial charge in [0.1, 0.15) is 5.76 Å². The monoisotopic (exact) mass is 226 g/mol. The number of aryl methyl sites for hydroxylation is 1. The second-order valence-corrected chi connectivity index (χ2v) is 4.06. The first-order chi connectivity index (χ1) is 7.50. The minimum atomic E-state index is -0.775. The Morgan fingerprint density at radius 2 is 2.31 bits per heavy atom. The Labute approximate surface area is 95.1 Å². The lowest BCUT2D eigenvalue weighted by Gasteiger charge is -2.24. The molecule has 1 rings (SSSR count). The summed E-state index contributed by atoms with van der Waals surface area (Å²) >= 11 is 0. The molecule has 0 atom stereocenters. The molecule has 0 aliphatic rings. The molecule has 0 saturated heterocycles. The van der Waals surface area contributed by atoms with E-state index in [1.807, 2.05) is 20.8 Å². The van der Waals surface area contributed by atoms with Gasteiger partial charge in [0.15, 0.2) is 6.39 Å². The molecule has 1 aromatic heterocycles. The summed E-state index contributed by atoms with van der Waals surface area (Å²) in [6, 6.07) is 0.287. The first kappa shape index (κ1) is 12.7. The Morgan fingerprint density at radius 1 is 1.62 bits per heavy atom. The van der Waals surface area contributed by atoms with Gasteiger partial charge in [-0.3, -0.25) is 9.69 Å². The summed E-state index contributed by atoms with van der Waals surface area (Å²) in [6.45, 7) is 7.10. The van der Waals surface area contributed by atoms with E-state index in [0.29, 0.717) is 13.1 Å². The van der Waals surface area contributed by atoms with Crippen LogP contribution in [0.2, 0.25) is 0 Å². The number of nitrogens with zero attached hydrogens (tertiary/aromatic N) is 2. The number of aromatic nitrogens is 1. The highest BCUT2D eigenvalue weighted by atomic mass is 16.4. The van der Waals surface area contributed by atoms with Crippen molar-refractivity contribution < 1.29 is 14.3 Å². The minimum absolute atomic E-state index is 0.148. The van der Waals surface area contributed by atoms with Gasteiger partial charge in [-0.15, -0.1) is 0 Å². The van der Waals surface area contributed by atoms with Crippen LogP contribution in [0.15, 0.2) is 10.8 Å². The summed E-state index contributed by atoms with van der Waals surface area (Å²) in [7, 11) is 0. The fraction of sp³-hybridized carbons (Fsp3) is 0.636. The van der Waals surface area contributed by atoms with Gasteiger partial charge in [-0.05, 0) is 20.8 Å². The van der Waals surface area contributed by atoms with Gasteiger partial charge in [-0.25, -0.2) is 4.98 Å². The van der Waals surface area contributed by atoms with Crippen LogP contribution in [-0.4, -0.2) is 33.5 Å². The number of carboxylic acids is 1. The number of hydrogen-bond acceptors (Lipinski definition) is 4. The summed E-state index contributed by atoms with van der Waals surface area (Å²) in [5.74, 6) is 0.0171. The Bertz CT molecular complexity index is 347. The molecule has 5 heteroatoms. The Balaban J connectivity index is 2.58. The average molecular weight is 226 g/mol. The van der Waals surface area contributed by atoms with E-state index in [-0.39, 0.29) is 12.5 Å². The van der Waals surface area contributed by atoms with E-state index < -0.39 is 5.97 Å². The molecule has 1 heterocycles. The predicted octanol–water partition coefficient (Wildman–Crippen LogP) is 1.67. The molecule has 0 fully saturated rings. The Kier molecular flexibility index (Phi) is 4.49.